The summed E-state index contributed by atoms with van der Waals surface area (Å²) in [5.74, 6) is 0. The largest absolute Gasteiger partial charge is 0.0610 e. The van der Waals surface area contributed by atoms with Gasteiger partial charge in [0.25, 0.3) is 0 Å². The predicted octanol–water partition coefficient (Wildman–Crippen LogP) is 11.5. The van der Waals surface area contributed by atoms with E-state index in [0.29, 0.717) is 0 Å². The Balaban J connectivity index is 0.851. The number of benzene rings is 8. The molecule has 0 spiro atoms. The monoisotopic (exact) mass is 658 g/mol. The molecule has 0 heteroatoms. The third-order valence-corrected chi connectivity index (χ3v) is 12.3. The molecule has 2 aliphatic rings. The van der Waals surface area contributed by atoms with Crippen LogP contribution in [0.3, 0.4) is 0 Å². The molecule has 0 aliphatic heterocycles. The Morgan fingerprint density at radius 2 is 0.654 bits per heavy atom. The van der Waals surface area contributed by atoms with Gasteiger partial charge in [-0.15, -0.1) is 0 Å². The highest BCUT2D eigenvalue weighted by Crippen LogP contribution is 2.46. The lowest BCUT2D eigenvalue weighted by Crippen LogP contribution is -2.14. The third-order valence-electron chi connectivity index (χ3n) is 12.3. The fraction of sp³-hybridized carbons (Fsp3) is 0.0769. The molecule has 0 N–H and O–H groups in total. The highest BCUT2D eigenvalue weighted by Gasteiger charge is 2.27. The van der Waals surface area contributed by atoms with E-state index in [1.807, 2.05) is 0 Å². The minimum atomic E-state index is 1.10. The number of hydrogen-bond acceptors (Lipinski definition) is 0. The van der Waals surface area contributed by atoms with E-state index < -0.39 is 0 Å². The van der Waals surface area contributed by atoms with E-state index in [1.165, 1.54) is 120 Å². The van der Waals surface area contributed by atoms with E-state index >= 15 is 0 Å². The first-order chi connectivity index (χ1) is 25.7. The Morgan fingerprint density at radius 3 is 0.981 bits per heavy atom. The van der Waals surface area contributed by atoms with Crippen LogP contribution in [0.4, 0.5) is 0 Å². The minimum Gasteiger partial charge on any atom is -0.0610 e. The second-order valence-corrected chi connectivity index (χ2v) is 15.1. The van der Waals surface area contributed by atoms with Crippen LogP contribution in [0.5, 0.6) is 0 Å². The second-order valence-electron chi connectivity index (χ2n) is 15.1. The molecule has 0 bridgehead atoms. The summed E-state index contributed by atoms with van der Waals surface area (Å²) in [6, 6.07) is 54.9. The second kappa shape index (κ2) is 10.6. The average Bonchev–Trinajstić information content (AvgIpc) is 3.20. The average molecular weight is 659 g/mol. The Kier molecular flexibility index (Phi) is 5.82. The lowest BCUT2D eigenvalue weighted by molar-refractivity contribution is 0.878. The Bertz CT molecular complexity index is 2780. The van der Waals surface area contributed by atoms with Crippen molar-refractivity contribution in [2.75, 3.05) is 0 Å². The van der Waals surface area contributed by atoms with Crippen molar-refractivity contribution in [3.05, 3.63) is 189 Å². The Morgan fingerprint density at radius 1 is 0.327 bits per heavy atom. The van der Waals surface area contributed by atoms with Gasteiger partial charge >= 0.3 is 0 Å². The maximum Gasteiger partial charge on any atom is -0.00264 e. The number of aryl methyl sites for hydroxylation is 4. The summed E-state index contributed by atoms with van der Waals surface area (Å²) < 4.78 is 0. The summed E-state index contributed by atoms with van der Waals surface area (Å²) in [5.41, 5.74) is 17.0. The summed E-state index contributed by atoms with van der Waals surface area (Å²) in [4.78, 5) is 0. The zero-order chi connectivity index (χ0) is 33.9. The van der Waals surface area contributed by atoms with Gasteiger partial charge in [0.15, 0.2) is 0 Å². The molecule has 2 aliphatic carbocycles. The molecule has 0 saturated carbocycles. The molecule has 0 radical (unpaired) electrons. The maximum atomic E-state index is 2.48. The van der Waals surface area contributed by atoms with Crippen molar-refractivity contribution in [3.8, 4) is 33.4 Å². The predicted molar refractivity (Wildman–Crippen MR) is 220 cm³/mol. The Hall–Kier alpha value is -6.24. The first kappa shape index (κ1) is 28.5. The van der Waals surface area contributed by atoms with Crippen LogP contribution >= 0.6 is 0 Å². The van der Waals surface area contributed by atoms with Gasteiger partial charge in [0.2, 0.25) is 0 Å². The molecule has 0 amide bonds. The summed E-state index contributed by atoms with van der Waals surface area (Å²) in [7, 11) is 0. The molecule has 0 nitrogen and oxygen atoms in total. The van der Waals surface area contributed by atoms with Gasteiger partial charge in [-0.2, -0.15) is 0 Å². The Labute approximate surface area is 302 Å². The van der Waals surface area contributed by atoms with Gasteiger partial charge in [0.05, 0.1) is 0 Å². The van der Waals surface area contributed by atoms with Crippen LogP contribution in [-0.4, -0.2) is 0 Å². The van der Waals surface area contributed by atoms with Gasteiger partial charge in [-0.25, -0.2) is 0 Å². The van der Waals surface area contributed by atoms with Crippen LogP contribution in [0.2, 0.25) is 0 Å². The quantitative estimate of drug-likeness (QED) is 0.177. The molecule has 0 atom stereocenters. The molecule has 10 aromatic rings. The molecule has 0 heterocycles. The molecule has 242 valence electrons. The topological polar surface area (TPSA) is 0 Å². The summed E-state index contributed by atoms with van der Waals surface area (Å²) >= 11 is 0. The first-order valence-electron chi connectivity index (χ1n) is 18.7. The highest BCUT2D eigenvalue weighted by atomic mass is 14.3. The van der Waals surface area contributed by atoms with Crippen LogP contribution in [0.1, 0.15) is 33.4 Å². The molecular formula is C52H34. The van der Waals surface area contributed by atoms with E-state index in [1.54, 1.807) is 0 Å². The maximum absolute atomic E-state index is 2.48. The van der Waals surface area contributed by atoms with Crippen LogP contribution in [-0.2, 0) is 25.7 Å². The van der Waals surface area contributed by atoms with Crippen LogP contribution in [0.25, 0.3) is 88.6 Å². The lowest BCUT2D eigenvalue weighted by atomic mass is 9.73. The number of rotatable bonds is 4. The van der Waals surface area contributed by atoms with Gasteiger partial charge in [0, 0.05) is 0 Å². The molecular weight excluding hydrogens is 625 g/mol. The van der Waals surface area contributed by atoms with Crippen molar-refractivity contribution in [1.29, 1.82) is 0 Å². The lowest BCUT2D eigenvalue weighted by Gasteiger charge is -2.31. The van der Waals surface area contributed by atoms with Crippen LogP contribution in [0.15, 0.2) is 146 Å². The van der Waals surface area contributed by atoms with Crippen LogP contribution < -0.4 is 10.4 Å². The van der Waals surface area contributed by atoms with E-state index in [4.69, 9.17) is 0 Å². The zero-order valence-corrected chi connectivity index (χ0v) is 28.8. The fourth-order valence-electron chi connectivity index (χ4n) is 9.77. The van der Waals surface area contributed by atoms with Gasteiger partial charge in [0.1, 0.15) is 0 Å². The highest BCUT2D eigenvalue weighted by molar-refractivity contribution is 6.18. The van der Waals surface area contributed by atoms with Crippen molar-refractivity contribution in [1.82, 2.24) is 0 Å². The van der Waals surface area contributed by atoms with E-state index in [-0.39, 0.29) is 0 Å². The molecule has 0 unspecified atom stereocenters. The third kappa shape index (κ3) is 4.10. The van der Waals surface area contributed by atoms with E-state index in [9.17, 15) is 0 Å². The zero-order valence-electron chi connectivity index (χ0n) is 28.8. The normalized spacial score (nSPS) is 13.5. The van der Waals surface area contributed by atoms with E-state index in [2.05, 4.69) is 158 Å². The van der Waals surface area contributed by atoms with Crippen molar-refractivity contribution in [2.24, 2.45) is 0 Å². The summed E-state index contributed by atoms with van der Waals surface area (Å²) in [5, 5.41) is 13.7. The molecule has 52 heavy (non-hydrogen) atoms. The van der Waals surface area contributed by atoms with Crippen molar-refractivity contribution < 1.29 is 0 Å². The molecule has 10 aromatic carbocycles. The van der Waals surface area contributed by atoms with E-state index in [0.717, 1.165) is 25.7 Å². The van der Waals surface area contributed by atoms with Gasteiger partial charge in [-0.05, 0) is 158 Å². The van der Waals surface area contributed by atoms with Crippen LogP contribution in [0, 0.1) is 0 Å². The van der Waals surface area contributed by atoms with Crippen molar-refractivity contribution in [2.45, 2.75) is 25.7 Å². The SMILES string of the molecule is C(c1ccc(-c2cc3c4c(c2)CCc2cc(-c5ccc(C=c6c7cccc8cccc6c87)cc5)cc(c2-4)CC3)cc1)=c1c2cccc3cccc1c32. The van der Waals surface area contributed by atoms with Gasteiger partial charge in [-0.1, -0.05) is 146 Å². The molecule has 0 saturated heterocycles. The standard InChI is InChI=1S/C52H34/c1-5-35-6-2-10-44-47(43(9-1)51(35)44)25-31-13-17-33(18-14-31)41-27-37-21-23-39-29-42(30-40-24-22-38(28-41)49(37)50(39)40)34-19-15-32(16-20-34)26-48-45-11-3-7-36-8-4-12-46(48)52(36)45/h1-20,25-30H,21-24H2. The summed E-state index contributed by atoms with van der Waals surface area (Å²) in [6.07, 6.45) is 9.10. The minimum absolute atomic E-state index is 1.10. The smallest absolute Gasteiger partial charge is 0.00264 e. The first-order valence-corrected chi connectivity index (χ1v) is 18.7. The fourth-order valence-corrected chi connectivity index (χ4v) is 9.77. The van der Waals surface area contributed by atoms with Gasteiger partial charge in [-0.3, -0.25) is 0 Å². The molecule has 0 aromatic heterocycles. The van der Waals surface area contributed by atoms with Gasteiger partial charge < -0.3 is 0 Å². The summed E-state index contributed by atoms with van der Waals surface area (Å²) in [6.45, 7) is 0. The van der Waals surface area contributed by atoms with Crippen molar-refractivity contribution >= 4 is 55.2 Å². The van der Waals surface area contributed by atoms with Crippen molar-refractivity contribution in [3.63, 3.8) is 0 Å². The number of hydrogen-bond donors (Lipinski definition) is 0. The molecule has 0 fully saturated rings. The molecule has 12 rings (SSSR count).